The van der Waals surface area contributed by atoms with E-state index in [1.807, 2.05) is 0 Å². The average molecular weight is 867 g/mol. The third kappa shape index (κ3) is 26.9. The van der Waals surface area contributed by atoms with Crippen LogP contribution < -0.4 is 0 Å². The van der Waals surface area contributed by atoms with Crippen LogP contribution in [0, 0.1) is 10.8 Å². The summed E-state index contributed by atoms with van der Waals surface area (Å²) in [6.45, 7) is 33.5. The van der Waals surface area contributed by atoms with Gasteiger partial charge in [-0.25, -0.2) is 33.6 Å². The molecule has 0 atom stereocenters. The van der Waals surface area contributed by atoms with E-state index in [1.54, 1.807) is 13.8 Å². The second kappa shape index (κ2) is 31.3. The van der Waals surface area contributed by atoms with Crippen LogP contribution >= 0.6 is 0 Å². The van der Waals surface area contributed by atoms with E-state index in [2.05, 4.69) is 53.0 Å². The third-order valence-electron chi connectivity index (χ3n) is 7.51. The Balaban J connectivity index is -0.000000838. The van der Waals surface area contributed by atoms with Gasteiger partial charge in [0.15, 0.2) is 0 Å². The van der Waals surface area contributed by atoms with Gasteiger partial charge in [0.05, 0.1) is 30.7 Å². The monoisotopic (exact) mass is 866 g/mol. The van der Waals surface area contributed by atoms with Crippen LogP contribution in [-0.2, 0) is 66.7 Å². The first-order chi connectivity index (χ1) is 28.2. The Kier molecular flexibility index (Phi) is 30.6. The molecule has 0 aromatic carbocycles. The van der Waals surface area contributed by atoms with Gasteiger partial charge in [0.1, 0.15) is 33.0 Å². The molecule has 0 aliphatic carbocycles. The minimum atomic E-state index is -1.30. The standard InChI is InChI=1S/C17H24O7.C14H22O4.C13H20O6/c1-11(2)14(19)22-8-17(7-18,9-23-15(20)12(3)4)10-24-16(21)13(5)6;1-6-7-8-9-12(17-13(15)10(2)3)18-14(16)11(4)5;1-9(2)11(16)18-7-13(5-14,6-15)8-19-12(17)10(3)4/h18H,1,3,5,7-10H2,2,4,6H3;12H,2,4,6-9H2,1,3,5H3;14-15H,1,3,5-8H2,2,4H3. The first-order valence-electron chi connectivity index (χ1n) is 18.9. The topological polar surface area (TPSA) is 245 Å². The van der Waals surface area contributed by atoms with Crippen molar-refractivity contribution in [2.45, 2.75) is 87.4 Å². The summed E-state index contributed by atoms with van der Waals surface area (Å²) in [5.74, 6) is -4.41. The van der Waals surface area contributed by atoms with Gasteiger partial charge in [0.2, 0.25) is 6.29 Å². The van der Waals surface area contributed by atoms with Gasteiger partial charge in [-0.05, 0) is 54.9 Å². The fraction of sp³-hybridized carbons (Fsp3) is 0.523. The molecule has 0 saturated heterocycles. The van der Waals surface area contributed by atoms with Gasteiger partial charge >= 0.3 is 41.8 Å². The number of aliphatic hydroxyl groups excluding tert-OH is 3. The molecular weight excluding hydrogens is 800 g/mol. The summed E-state index contributed by atoms with van der Waals surface area (Å²) in [5.41, 5.74) is -1.09. The molecule has 0 rings (SSSR count). The van der Waals surface area contributed by atoms with Crippen LogP contribution in [-0.4, -0.2) is 116 Å². The quantitative estimate of drug-likeness (QED) is 0.0352. The highest BCUT2D eigenvalue weighted by Crippen LogP contribution is 2.21. The van der Waals surface area contributed by atoms with Gasteiger partial charge in [-0.1, -0.05) is 65.8 Å². The third-order valence-corrected chi connectivity index (χ3v) is 7.51. The van der Waals surface area contributed by atoms with Crippen molar-refractivity contribution in [3.8, 4) is 0 Å². The minimum absolute atomic E-state index is 0.166. The van der Waals surface area contributed by atoms with E-state index in [0.29, 0.717) is 6.42 Å². The summed E-state index contributed by atoms with van der Waals surface area (Å²) < 4.78 is 34.9. The predicted molar refractivity (Wildman–Crippen MR) is 225 cm³/mol. The Morgan fingerprint density at radius 2 is 0.639 bits per heavy atom. The van der Waals surface area contributed by atoms with E-state index < -0.39 is 78.7 Å². The van der Waals surface area contributed by atoms with Crippen molar-refractivity contribution in [2.24, 2.45) is 10.8 Å². The van der Waals surface area contributed by atoms with Gasteiger partial charge in [0.25, 0.3) is 0 Å². The maximum Gasteiger partial charge on any atom is 0.336 e. The molecule has 0 aliphatic rings. The van der Waals surface area contributed by atoms with Crippen LogP contribution in [0.15, 0.2) is 85.1 Å². The fourth-order valence-corrected chi connectivity index (χ4v) is 3.39. The lowest BCUT2D eigenvalue weighted by Crippen LogP contribution is -2.42. The largest absolute Gasteiger partial charge is 0.461 e. The van der Waals surface area contributed by atoms with Crippen molar-refractivity contribution in [3.63, 3.8) is 0 Å². The number of carbonyl (C=O) groups excluding carboxylic acids is 7. The highest BCUT2D eigenvalue weighted by atomic mass is 16.7. The van der Waals surface area contributed by atoms with Crippen molar-refractivity contribution < 1.29 is 82.0 Å². The van der Waals surface area contributed by atoms with Crippen LogP contribution in [0.5, 0.6) is 0 Å². The summed E-state index contributed by atoms with van der Waals surface area (Å²) in [6.07, 6.45) is 2.49. The molecule has 0 saturated carbocycles. The van der Waals surface area contributed by atoms with Gasteiger partial charge < -0.3 is 48.5 Å². The molecule has 0 aromatic heterocycles. The lowest BCUT2D eigenvalue weighted by Gasteiger charge is -2.30. The van der Waals surface area contributed by atoms with E-state index in [0.717, 1.165) is 19.3 Å². The van der Waals surface area contributed by atoms with Crippen LogP contribution in [0.25, 0.3) is 0 Å². The molecule has 0 aliphatic heterocycles. The van der Waals surface area contributed by atoms with Crippen LogP contribution in [0.1, 0.15) is 81.1 Å². The molecule has 0 heterocycles. The van der Waals surface area contributed by atoms with Crippen LogP contribution in [0.2, 0.25) is 0 Å². The first-order valence-corrected chi connectivity index (χ1v) is 18.9. The van der Waals surface area contributed by atoms with Crippen molar-refractivity contribution >= 4 is 41.8 Å². The Morgan fingerprint density at radius 1 is 0.410 bits per heavy atom. The van der Waals surface area contributed by atoms with Crippen molar-refractivity contribution in [3.05, 3.63) is 85.1 Å². The number of esters is 7. The second-order valence-corrected chi connectivity index (χ2v) is 14.6. The maximum atomic E-state index is 11.6. The normalized spacial score (nSPS) is 10.4. The lowest BCUT2D eigenvalue weighted by molar-refractivity contribution is -0.183. The second-order valence-electron chi connectivity index (χ2n) is 14.6. The number of ether oxygens (including phenoxy) is 7. The molecule has 0 bridgehead atoms. The van der Waals surface area contributed by atoms with Crippen molar-refractivity contribution in [1.29, 1.82) is 0 Å². The molecule has 344 valence electrons. The van der Waals surface area contributed by atoms with E-state index >= 15 is 0 Å². The molecule has 0 aromatic rings. The number of hydrogen-bond acceptors (Lipinski definition) is 17. The van der Waals surface area contributed by atoms with Gasteiger partial charge in [-0.2, -0.15) is 0 Å². The number of aliphatic hydroxyl groups is 3. The molecule has 61 heavy (non-hydrogen) atoms. The summed E-state index contributed by atoms with van der Waals surface area (Å²) in [6, 6.07) is 0. The SMILES string of the molecule is C=C(C)C(=O)OC(CCCCC)OC(=O)C(=C)C.C=C(C)C(=O)OCC(CO)(CO)COC(=O)C(=C)C.C=C(C)C(=O)OCC(CO)(COC(=O)C(=C)C)COC(=O)C(=C)C. The molecule has 17 heteroatoms. The fourth-order valence-electron chi connectivity index (χ4n) is 3.39. The number of hydrogen-bond donors (Lipinski definition) is 3. The van der Waals surface area contributed by atoms with Gasteiger partial charge in [-0.3, -0.25) is 0 Å². The maximum absolute atomic E-state index is 11.6. The van der Waals surface area contributed by atoms with E-state index in [9.17, 15) is 48.9 Å². The zero-order valence-electron chi connectivity index (χ0n) is 37.1. The summed E-state index contributed by atoms with van der Waals surface area (Å²) in [5, 5.41) is 28.3. The zero-order chi connectivity index (χ0) is 48.1. The highest BCUT2D eigenvalue weighted by molar-refractivity contribution is 5.89. The summed E-state index contributed by atoms with van der Waals surface area (Å²) in [7, 11) is 0. The van der Waals surface area contributed by atoms with Gasteiger partial charge in [0, 0.05) is 45.4 Å². The Bertz CT molecular complexity index is 1480. The molecule has 0 amide bonds. The Labute approximate surface area is 359 Å². The van der Waals surface area contributed by atoms with E-state index in [4.69, 9.17) is 33.2 Å². The van der Waals surface area contributed by atoms with Gasteiger partial charge in [-0.15, -0.1) is 0 Å². The minimum Gasteiger partial charge on any atom is -0.461 e. The number of unbranched alkanes of at least 4 members (excludes halogenated alkanes) is 2. The van der Waals surface area contributed by atoms with Crippen LogP contribution in [0.3, 0.4) is 0 Å². The van der Waals surface area contributed by atoms with E-state index in [-0.39, 0.29) is 72.0 Å². The van der Waals surface area contributed by atoms with Crippen molar-refractivity contribution in [1.82, 2.24) is 0 Å². The summed E-state index contributed by atoms with van der Waals surface area (Å²) in [4.78, 5) is 80.0. The molecule has 0 radical (unpaired) electrons. The average Bonchev–Trinajstić information content (AvgIpc) is 3.20. The Morgan fingerprint density at radius 3 is 0.836 bits per heavy atom. The van der Waals surface area contributed by atoms with E-state index in [1.165, 1.54) is 34.6 Å². The smallest absolute Gasteiger partial charge is 0.336 e. The summed E-state index contributed by atoms with van der Waals surface area (Å²) >= 11 is 0. The number of carbonyl (C=O) groups is 7. The molecule has 3 N–H and O–H groups in total. The molecule has 17 nitrogen and oxygen atoms in total. The predicted octanol–water partition coefficient (Wildman–Crippen LogP) is 4.65. The molecule has 0 spiro atoms. The Hall–Kier alpha value is -5.65. The highest BCUT2D eigenvalue weighted by Gasteiger charge is 2.36. The van der Waals surface area contributed by atoms with Crippen LogP contribution in [0.4, 0.5) is 0 Å². The lowest BCUT2D eigenvalue weighted by atomic mass is 9.92. The van der Waals surface area contributed by atoms with Crippen molar-refractivity contribution in [2.75, 3.05) is 52.9 Å². The molecule has 0 unspecified atom stereocenters. The molecular formula is C44H66O17. The molecule has 0 fully saturated rings. The number of rotatable bonds is 26. The zero-order valence-corrected chi connectivity index (χ0v) is 37.1. The first kappa shape index (κ1) is 59.7.